The van der Waals surface area contributed by atoms with Gasteiger partial charge >= 0.3 is 189 Å². The largest absolute Gasteiger partial charge is 0 e. The zero-order chi connectivity index (χ0) is 38.3. The van der Waals surface area contributed by atoms with Crippen molar-refractivity contribution in [3.8, 4) is 39.5 Å². The Balaban J connectivity index is 0.000000211. The fourth-order valence-electron chi connectivity index (χ4n) is 5.63. The third kappa shape index (κ3) is 7.56. The minimum atomic E-state index is -2.18. The van der Waals surface area contributed by atoms with E-state index in [2.05, 4.69) is 135 Å². The van der Waals surface area contributed by atoms with Gasteiger partial charge in [-0.3, -0.25) is 0 Å². The molecule has 0 N–H and O–H groups in total. The van der Waals surface area contributed by atoms with Crippen molar-refractivity contribution in [2.45, 2.75) is 31.0 Å². The number of benzene rings is 5. The molecule has 5 aromatic carbocycles. The molecule has 0 aliphatic carbocycles. The maximum atomic E-state index is 7.28. The van der Waals surface area contributed by atoms with Crippen LogP contribution < -0.4 is 4.40 Å². The fraction of sp³-hybridized carbons (Fsp3) is 0.116. The average molecular weight is 899 g/mol. The van der Waals surface area contributed by atoms with Crippen LogP contribution in [0.1, 0.15) is 19.4 Å². The van der Waals surface area contributed by atoms with Crippen LogP contribution in [0.2, 0.25) is 17.3 Å². The van der Waals surface area contributed by atoms with Gasteiger partial charge in [0, 0.05) is 34.5 Å². The summed E-state index contributed by atoms with van der Waals surface area (Å²) in [6, 6.07) is 45.1. The number of imidazole rings is 1. The summed E-state index contributed by atoms with van der Waals surface area (Å²) in [6.45, 7) is -4.34. The van der Waals surface area contributed by atoms with E-state index < -0.39 is 27.0 Å². The van der Waals surface area contributed by atoms with Gasteiger partial charge < -0.3 is 4.98 Å². The van der Waals surface area contributed by atoms with Crippen LogP contribution in [0.5, 0.6) is 0 Å². The minimum Gasteiger partial charge on any atom is 0 e. The quantitative estimate of drug-likeness (QED) is 0.127. The normalized spacial score (nSPS) is 13.5. The van der Waals surface area contributed by atoms with E-state index in [0.717, 1.165) is 28.1 Å². The van der Waals surface area contributed by atoms with E-state index in [4.69, 9.17) is 13.2 Å². The van der Waals surface area contributed by atoms with E-state index in [1.807, 2.05) is 0 Å². The van der Waals surface area contributed by atoms with E-state index in [1.165, 1.54) is 50.0 Å². The minimum absolute atomic E-state index is 0. The Morgan fingerprint density at radius 3 is 2.18 bits per heavy atom. The van der Waals surface area contributed by atoms with E-state index >= 15 is 0 Å². The Hall–Kier alpha value is -4.13. The van der Waals surface area contributed by atoms with Gasteiger partial charge in [-0.2, -0.15) is 0 Å². The van der Waals surface area contributed by atoms with Crippen LogP contribution in [0, 0.1) is 25.2 Å². The van der Waals surface area contributed by atoms with E-state index in [9.17, 15) is 0 Å². The van der Waals surface area contributed by atoms with Gasteiger partial charge in [0.05, 0.1) is 0 Å². The molecule has 0 aliphatic heterocycles. The van der Waals surface area contributed by atoms with Gasteiger partial charge in [-0.25, -0.2) is 0 Å². The Bertz CT molecular complexity index is 2480. The molecule has 0 spiro atoms. The van der Waals surface area contributed by atoms with Crippen molar-refractivity contribution in [1.29, 1.82) is 0 Å². The Labute approximate surface area is 317 Å². The van der Waals surface area contributed by atoms with Crippen LogP contribution in [0.4, 0.5) is 0 Å². The van der Waals surface area contributed by atoms with Gasteiger partial charge in [0.15, 0.2) is 0 Å². The van der Waals surface area contributed by atoms with Crippen LogP contribution in [0.3, 0.4) is 0 Å². The topological polar surface area (TPSA) is 30.7 Å². The molecule has 1 radical (unpaired) electrons. The van der Waals surface area contributed by atoms with Crippen molar-refractivity contribution < 1.29 is 28.3 Å². The first-order valence-electron chi connectivity index (χ1n) is 18.7. The summed E-state index contributed by atoms with van der Waals surface area (Å²) in [5.74, 6) is 8.29. The van der Waals surface area contributed by atoms with E-state index in [-0.39, 0.29) is 31.2 Å². The summed E-state index contributed by atoms with van der Waals surface area (Å²) < 4.78 is 48.7. The second-order valence-corrected chi connectivity index (χ2v) is 24.1. The third-order valence-electron chi connectivity index (χ3n) is 8.25. The molecule has 0 saturated heterocycles. The van der Waals surface area contributed by atoms with Gasteiger partial charge in [-0.1, -0.05) is 37.2 Å². The second-order valence-electron chi connectivity index (χ2n) is 12.6. The van der Waals surface area contributed by atoms with Gasteiger partial charge in [-0.05, 0) is 18.1 Å². The van der Waals surface area contributed by atoms with Gasteiger partial charge in [0.1, 0.15) is 0 Å². The predicted octanol–water partition coefficient (Wildman–Crippen LogP) is 11.1. The summed E-state index contributed by atoms with van der Waals surface area (Å²) in [4.78, 5) is 9.18. The van der Waals surface area contributed by atoms with Gasteiger partial charge in [0.25, 0.3) is 0 Å². The smallest absolute Gasteiger partial charge is 0 e. The molecule has 245 valence electrons. The molecule has 0 amide bonds. The van der Waals surface area contributed by atoms with Crippen LogP contribution in [-0.4, -0.2) is 27.8 Å². The molecular formula is C43H37GeIrN3S-2. The van der Waals surface area contributed by atoms with Crippen LogP contribution in [-0.2, 0) is 20.1 Å². The third-order valence-corrected chi connectivity index (χ3v) is 13.4. The molecule has 6 heteroatoms. The van der Waals surface area contributed by atoms with E-state index in [0.29, 0.717) is 11.3 Å². The zero-order valence-corrected chi connectivity index (χ0v) is 32.6. The monoisotopic (exact) mass is 900 g/mol. The first-order valence-corrected chi connectivity index (χ1v) is 23.9. The Kier molecular flexibility index (Phi) is 8.34. The number of aromatic nitrogens is 3. The number of thiophene rings is 1. The predicted molar refractivity (Wildman–Crippen MR) is 207 cm³/mol. The SMILES string of the molecule is [2H]C([2H])([2H])c1c[c-]c(-c2ccc(C([2H])([2H])[2H])cn2)cc1.[CH3][Ge]([CH3])([CH3])[c]1ccc2s[c-]c(-c3nc4ccccc4n3-c3ccc(-c4ccccc4)cc3)c2c1.[Ir]. The molecule has 0 aliphatic rings. The summed E-state index contributed by atoms with van der Waals surface area (Å²) >= 11 is -0.279. The number of aryl methyl sites for hydroxylation is 2. The van der Waals surface area contributed by atoms with Crippen LogP contribution >= 0.6 is 11.3 Å². The van der Waals surface area contributed by atoms with Crippen molar-refractivity contribution in [3.05, 3.63) is 156 Å². The summed E-state index contributed by atoms with van der Waals surface area (Å²) in [5, 5.41) is 4.86. The number of nitrogens with zero attached hydrogens (tertiary/aromatic N) is 3. The maximum absolute atomic E-state index is 7.28. The number of para-hydroxylation sites is 2. The van der Waals surface area contributed by atoms with Crippen molar-refractivity contribution in [2.24, 2.45) is 0 Å². The molecule has 0 saturated carbocycles. The molecule has 8 rings (SSSR count). The first kappa shape index (κ1) is 27.7. The first-order chi connectivity index (χ1) is 25.7. The molecule has 3 aromatic heterocycles. The number of rotatable bonds is 5. The average Bonchev–Trinajstić information content (AvgIpc) is 3.76. The van der Waals surface area contributed by atoms with E-state index in [1.54, 1.807) is 23.5 Å². The number of fused-ring (bicyclic) bond motifs is 2. The molecule has 49 heavy (non-hydrogen) atoms. The second kappa shape index (κ2) is 14.8. The van der Waals surface area contributed by atoms with Gasteiger partial charge in [-0.15, -0.1) is 35.4 Å². The molecule has 0 bridgehead atoms. The fourth-order valence-corrected chi connectivity index (χ4v) is 8.89. The van der Waals surface area contributed by atoms with Crippen molar-refractivity contribution in [1.82, 2.24) is 14.5 Å². The van der Waals surface area contributed by atoms with Crippen LogP contribution in [0.25, 0.3) is 60.6 Å². The molecule has 3 heterocycles. The van der Waals surface area contributed by atoms with Crippen molar-refractivity contribution in [3.63, 3.8) is 0 Å². The standard InChI is InChI=1S/C30H25GeN2S.C13H12N.Ir/c1-31(2,3)23-15-18-29-25(19-23)26(20-34-29)30-32-27-11-7-8-12-28(27)33(30)24-16-13-22(14-17-24)21-9-5-4-6-10-21;1-10-3-6-12(7-4-10)13-8-5-11(2)9-14-13;/h4-19H,1-3H3;3-6,8-9H,1-2H3;/q2*-1;/i;1D3,2D3;. The van der Waals surface area contributed by atoms with Crippen molar-refractivity contribution in [2.75, 3.05) is 0 Å². The zero-order valence-electron chi connectivity index (χ0n) is 33.3. The summed E-state index contributed by atoms with van der Waals surface area (Å²) in [7, 11) is 0. The molecule has 0 fully saturated rings. The number of pyridine rings is 1. The Morgan fingerprint density at radius 1 is 0.755 bits per heavy atom. The number of hydrogen-bond donors (Lipinski definition) is 0. The summed E-state index contributed by atoms with van der Waals surface area (Å²) in [5.41, 5.74) is 8.31. The van der Waals surface area contributed by atoms with Crippen LogP contribution in [0.15, 0.2) is 134 Å². The molecule has 0 unspecified atom stereocenters. The van der Waals surface area contributed by atoms with Gasteiger partial charge in [0.2, 0.25) is 0 Å². The maximum Gasteiger partial charge on any atom is 0 e. The summed E-state index contributed by atoms with van der Waals surface area (Å²) in [6.07, 6.45) is 1.30. The van der Waals surface area contributed by atoms with Crippen molar-refractivity contribution >= 4 is 50.1 Å². The molecule has 8 aromatic rings. The molecule has 0 atom stereocenters. The Morgan fingerprint density at radius 2 is 1.49 bits per heavy atom. The number of hydrogen-bond acceptors (Lipinski definition) is 3. The molecular weight excluding hydrogens is 855 g/mol. The molecule has 3 nitrogen and oxygen atoms in total.